The van der Waals surface area contributed by atoms with Crippen LogP contribution in [0, 0.1) is 13.8 Å². The van der Waals surface area contributed by atoms with Crippen LogP contribution in [0.25, 0.3) is 16.8 Å². The summed E-state index contributed by atoms with van der Waals surface area (Å²) in [6, 6.07) is 11.2. The summed E-state index contributed by atoms with van der Waals surface area (Å²) in [6.45, 7) is 9.68. The molecule has 1 aromatic carbocycles. The SMILES string of the molecule is Cc1cn2cc(-c3ccc(CN4CCNCC4)cc3)cc(C)c2n1. The lowest BCUT2D eigenvalue weighted by Crippen LogP contribution is -2.42. The van der Waals surface area contributed by atoms with E-state index in [1.54, 1.807) is 0 Å². The van der Waals surface area contributed by atoms with Gasteiger partial charge in [0, 0.05) is 45.1 Å². The summed E-state index contributed by atoms with van der Waals surface area (Å²) in [4.78, 5) is 7.09. The van der Waals surface area contributed by atoms with Crippen LogP contribution in [0.4, 0.5) is 0 Å². The highest BCUT2D eigenvalue weighted by Crippen LogP contribution is 2.23. The molecular formula is C20H24N4. The monoisotopic (exact) mass is 320 g/mol. The Morgan fingerprint density at radius 2 is 1.75 bits per heavy atom. The molecule has 0 unspecified atom stereocenters. The lowest BCUT2D eigenvalue weighted by atomic mass is 10.0. The largest absolute Gasteiger partial charge is 0.314 e. The number of nitrogens with one attached hydrogen (secondary N) is 1. The molecule has 1 aliphatic heterocycles. The number of aromatic nitrogens is 2. The van der Waals surface area contributed by atoms with Gasteiger partial charge in [0.05, 0.1) is 5.69 Å². The molecule has 4 nitrogen and oxygen atoms in total. The van der Waals surface area contributed by atoms with Crippen molar-refractivity contribution < 1.29 is 0 Å². The number of aryl methyl sites for hydroxylation is 2. The van der Waals surface area contributed by atoms with Crippen molar-refractivity contribution in [3.63, 3.8) is 0 Å². The Kier molecular flexibility index (Phi) is 4.08. The van der Waals surface area contributed by atoms with E-state index in [0.29, 0.717) is 0 Å². The van der Waals surface area contributed by atoms with Gasteiger partial charge in [0.1, 0.15) is 5.65 Å². The van der Waals surface area contributed by atoms with Crippen LogP contribution in [0.3, 0.4) is 0 Å². The lowest BCUT2D eigenvalue weighted by Gasteiger charge is -2.27. The van der Waals surface area contributed by atoms with Crippen molar-refractivity contribution in [3.8, 4) is 11.1 Å². The molecule has 0 bridgehead atoms. The van der Waals surface area contributed by atoms with Crippen LogP contribution in [-0.4, -0.2) is 40.5 Å². The molecule has 0 saturated carbocycles. The molecule has 4 heteroatoms. The standard InChI is InChI=1S/C20H24N4/c1-15-11-19(14-24-12-16(2)22-20(15)24)18-5-3-17(4-6-18)13-23-9-7-21-8-10-23/h3-6,11-12,14,21H,7-10,13H2,1-2H3. The summed E-state index contributed by atoms with van der Waals surface area (Å²) in [5.41, 5.74) is 7.21. The maximum absolute atomic E-state index is 4.58. The maximum atomic E-state index is 4.58. The Morgan fingerprint density at radius 1 is 1.00 bits per heavy atom. The van der Waals surface area contributed by atoms with E-state index in [2.05, 4.69) is 69.3 Å². The van der Waals surface area contributed by atoms with E-state index >= 15 is 0 Å². The molecule has 0 spiro atoms. The van der Waals surface area contributed by atoms with E-state index in [9.17, 15) is 0 Å². The summed E-state index contributed by atoms with van der Waals surface area (Å²) >= 11 is 0. The summed E-state index contributed by atoms with van der Waals surface area (Å²) in [5, 5.41) is 3.40. The number of nitrogens with zero attached hydrogens (tertiary/aromatic N) is 3. The quantitative estimate of drug-likeness (QED) is 0.805. The molecule has 0 aliphatic carbocycles. The topological polar surface area (TPSA) is 32.6 Å². The first-order chi connectivity index (χ1) is 11.7. The minimum atomic E-state index is 1.04. The van der Waals surface area contributed by atoms with E-state index in [-0.39, 0.29) is 0 Å². The van der Waals surface area contributed by atoms with Crippen molar-refractivity contribution in [2.45, 2.75) is 20.4 Å². The van der Waals surface area contributed by atoms with Crippen LogP contribution < -0.4 is 5.32 Å². The van der Waals surface area contributed by atoms with Crippen molar-refractivity contribution in [2.24, 2.45) is 0 Å². The van der Waals surface area contributed by atoms with E-state index in [4.69, 9.17) is 0 Å². The fourth-order valence-corrected chi connectivity index (χ4v) is 3.48. The number of benzene rings is 1. The Hall–Kier alpha value is -2.17. The number of rotatable bonds is 3. The van der Waals surface area contributed by atoms with Crippen LogP contribution >= 0.6 is 0 Å². The second-order valence-electron chi connectivity index (χ2n) is 6.75. The third-order valence-electron chi connectivity index (χ3n) is 4.76. The zero-order chi connectivity index (χ0) is 16.5. The fourth-order valence-electron chi connectivity index (χ4n) is 3.48. The zero-order valence-electron chi connectivity index (χ0n) is 14.4. The molecule has 3 heterocycles. The van der Waals surface area contributed by atoms with E-state index in [1.165, 1.54) is 22.3 Å². The molecule has 1 saturated heterocycles. The smallest absolute Gasteiger partial charge is 0.139 e. The highest BCUT2D eigenvalue weighted by atomic mass is 15.2. The van der Waals surface area contributed by atoms with Crippen LogP contribution in [0.15, 0.2) is 42.7 Å². The second-order valence-corrected chi connectivity index (χ2v) is 6.75. The number of imidazole rings is 1. The summed E-state index contributed by atoms with van der Waals surface area (Å²) in [6.07, 6.45) is 4.26. The number of pyridine rings is 1. The highest BCUT2D eigenvalue weighted by Gasteiger charge is 2.10. The molecule has 1 aliphatic rings. The third kappa shape index (κ3) is 3.07. The van der Waals surface area contributed by atoms with Crippen LogP contribution in [0.5, 0.6) is 0 Å². The van der Waals surface area contributed by atoms with Gasteiger partial charge in [-0.15, -0.1) is 0 Å². The maximum Gasteiger partial charge on any atom is 0.139 e. The molecule has 124 valence electrons. The number of fused-ring (bicyclic) bond motifs is 1. The van der Waals surface area contributed by atoms with Crippen LogP contribution in [-0.2, 0) is 6.54 Å². The molecule has 1 fully saturated rings. The Morgan fingerprint density at radius 3 is 2.50 bits per heavy atom. The van der Waals surface area contributed by atoms with Crippen LogP contribution in [0.1, 0.15) is 16.8 Å². The average molecular weight is 320 g/mol. The number of piperazine rings is 1. The van der Waals surface area contributed by atoms with Gasteiger partial charge in [-0.2, -0.15) is 0 Å². The van der Waals surface area contributed by atoms with Gasteiger partial charge in [-0.25, -0.2) is 4.98 Å². The van der Waals surface area contributed by atoms with E-state index in [1.807, 2.05) is 6.92 Å². The van der Waals surface area contributed by atoms with Crippen molar-refractivity contribution in [2.75, 3.05) is 26.2 Å². The van der Waals surface area contributed by atoms with Crippen molar-refractivity contribution in [1.29, 1.82) is 0 Å². The summed E-state index contributed by atoms with van der Waals surface area (Å²) in [7, 11) is 0. The second kappa shape index (κ2) is 6.38. The van der Waals surface area contributed by atoms with Gasteiger partial charge in [0.2, 0.25) is 0 Å². The highest BCUT2D eigenvalue weighted by molar-refractivity contribution is 5.67. The van der Waals surface area contributed by atoms with Gasteiger partial charge in [-0.05, 0) is 42.2 Å². The normalized spacial score (nSPS) is 15.9. The van der Waals surface area contributed by atoms with Gasteiger partial charge in [0.15, 0.2) is 0 Å². The molecule has 0 radical (unpaired) electrons. The molecular weight excluding hydrogens is 296 g/mol. The van der Waals surface area contributed by atoms with Gasteiger partial charge >= 0.3 is 0 Å². The van der Waals surface area contributed by atoms with Gasteiger partial charge in [0.25, 0.3) is 0 Å². The molecule has 2 aromatic heterocycles. The Bertz CT molecular complexity index is 842. The zero-order valence-corrected chi connectivity index (χ0v) is 14.4. The predicted molar refractivity (Wildman–Crippen MR) is 98.2 cm³/mol. The number of hydrogen-bond donors (Lipinski definition) is 1. The Balaban J connectivity index is 1.58. The number of hydrogen-bond acceptors (Lipinski definition) is 3. The molecule has 24 heavy (non-hydrogen) atoms. The van der Waals surface area contributed by atoms with Crippen molar-refractivity contribution in [1.82, 2.24) is 19.6 Å². The summed E-state index contributed by atoms with van der Waals surface area (Å²) < 4.78 is 2.13. The molecule has 3 aromatic rings. The van der Waals surface area contributed by atoms with Gasteiger partial charge < -0.3 is 9.72 Å². The van der Waals surface area contributed by atoms with Gasteiger partial charge in [-0.1, -0.05) is 24.3 Å². The molecule has 0 amide bonds. The molecule has 0 atom stereocenters. The lowest BCUT2D eigenvalue weighted by molar-refractivity contribution is 0.233. The Labute approximate surface area is 143 Å². The minimum Gasteiger partial charge on any atom is -0.314 e. The van der Waals surface area contributed by atoms with E-state index in [0.717, 1.165) is 44.1 Å². The third-order valence-corrected chi connectivity index (χ3v) is 4.76. The van der Waals surface area contributed by atoms with E-state index < -0.39 is 0 Å². The van der Waals surface area contributed by atoms with Crippen molar-refractivity contribution in [3.05, 3.63) is 59.5 Å². The average Bonchev–Trinajstić information content (AvgIpc) is 2.97. The summed E-state index contributed by atoms with van der Waals surface area (Å²) in [5.74, 6) is 0. The predicted octanol–water partition coefficient (Wildman–Crippen LogP) is 3.02. The first kappa shape index (κ1) is 15.4. The minimum absolute atomic E-state index is 1.04. The van der Waals surface area contributed by atoms with Gasteiger partial charge in [-0.3, -0.25) is 4.90 Å². The first-order valence-corrected chi connectivity index (χ1v) is 8.67. The molecule has 1 N–H and O–H groups in total. The fraction of sp³-hybridized carbons (Fsp3) is 0.350. The molecule has 4 rings (SSSR count). The van der Waals surface area contributed by atoms with Crippen molar-refractivity contribution >= 4 is 5.65 Å². The van der Waals surface area contributed by atoms with Crippen LogP contribution in [0.2, 0.25) is 0 Å². The first-order valence-electron chi connectivity index (χ1n) is 8.67.